The Morgan fingerprint density at radius 2 is 1.70 bits per heavy atom. The highest BCUT2D eigenvalue weighted by molar-refractivity contribution is 9.10. The van der Waals surface area contributed by atoms with Gasteiger partial charge in [-0.3, -0.25) is 4.79 Å². The van der Waals surface area contributed by atoms with Crippen LogP contribution >= 0.6 is 39.1 Å². The highest BCUT2D eigenvalue weighted by Gasteiger charge is 2.43. The quantitative estimate of drug-likeness (QED) is 0.330. The maximum Gasteiger partial charge on any atom is 0.274 e. The minimum Gasteiger partial charge on any atom is -0.267 e. The molecular formula is C27H21BrCl2N2O. The van der Waals surface area contributed by atoms with E-state index in [-0.39, 0.29) is 17.9 Å². The van der Waals surface area contributed by atoms with Crippen molar-refractivity contribution in [1.29, 1.82) is 0 Å². The molecule has 0 unspecified atom stereocenters. The normalized spacial score (nSPS) is 21.1. The van der Waals surface area contributed by atoms with Crippen molar-refractivity contribution in [3.63, 3.8) is 0 Å². The molecule has 0 radical (unpaired) electrons. The number of carbonyl (C=O) groups is 1. The van der Waals surface area contributed by atoms with E-state index in [1.54, 1.807) is 5.01 Å². The van der Waals surface area contributed by atoms with Crippen molar-refractivity contribution in [3.8, 4) is 0 Å². The molecule has 2 atom stereocenters. The summed E-state index contributed by atoms with van der Waals surface area (Å²) in [5.74, 6) is 0.0265. The average Bonchev–Trinajstić information content (AvgIpc) is 3.21. The largest absolute Gasteiger partial charge is 0.274 e. The van der Waals surface area contributed by atoms with E-state index in [1.165, 1.54) is 5.57 Å². The maximum absolute atomic E-state index is 13.6. The van der Waals surface area contributed by atoms with Crippen LogP contribution in [0.3, 0.4) is 0 Å². The summed E-state index contributed by atoms with van der Waals surface area (Å²) in [6.07, 6.45) is 5.13. The van der Waals surface area contributed by atoms with Crippen molar-refractivity contribution in [2.24, 2.45) is 11.0 Å². The summed E-state index contributed by atoms with van der Waals surface area (Å²) in [5, 5.41) is 8.01. The van der Waals surface area contributed by atoms with Crippen LogP contribution in [0.15, 0.2) is 87.9 Å². The predicted molar refractivity (Wildman–Crippen MR) is 139 cm³/mol. The molecular weight excluding hydrogens is 519 g/mol. The fourth-order valence-corrected chi connectivity index (χ4v) is 5.33. The number of fused-ring (bicyclic) bond motifs is 1. The Bertz CT molecular complexity index is 1250. The maximum atomic E-state index is 13.6. The molecule has 1 saturated carbocycles. The number of rotatable bonds is 3. The molecule has 0 spiro atoms. The fourth-order valence-electron chi connectivity index (χ4n) is 4.68. The zero-order valence-corrected chi connectivity index (χ0v) is 20.8. The number of nitrogens with zero attached hydrogens (tertiary/aromatic N) is 2. The van der Waals surface area contributed by atoms with E-state index in [2.05, 4.69) is 22.0 Å². The van der Waals surface area contributed by atoms with Gasteiger partial charge in [-0.05, 0) is 84.5 Å². The van der Waals surface area contributed by atoms with Crippen LogP contribution in [0, 0.1) is 5.92 Å². The van der Waals surface area contributed by atoms with Gasteiger partial charge in [0.15, 0.2) is 0 Å². The number of hydrogen-bond donors (Lipinski definition) is 0. The highest BCUT2D eigenvalue weighted by atomic mass is 79.9. The summed E-state index contributed by atoms with van der Waals surface area (Å²) < 4.78 is 0.865. The number of benzene rings is 3. The molecule has 1 amide bonds. The van der Waals surface area contributed by atoms with Crippen LogP contribution in [0.2, 0.25) is 10.0 Å². The zero-order valence-electron chi connectivity index (χ0n) is 17.7. The van der Waals surface area contributed by atoms with Gasteiger partial charge in [-0.15, -0.1) is 0 Å². The van der Waals surface area contributed by atoms with Crippen LogP contribution in [0.4, 0.5) is 0 Å². The lowest BCUT2D eigenvalue weighted by molar-refractivity contribution is 0.0681. The molecule has 3 aromatic carbocycles. The van der Waals surface area contributed by atoms with E-state index in [0.717, 1.165) is 40.6 Å². The fraction of sp³-hybridized carbons (Fsp3) is 0.185. The van der Waals surface area contributed by atoms with Crippen molar-refractivity contribution in [2.45, 2.75) is 25.3 Å². The van der Waals surface area contributed by atoms with Gasteiger partial charge in [0, 0.05) is 26.0 Å². The van der Waals surface area contributed by atoms with Crippen molar-refractivity contribution in [1.82, 2.24) is 5.01 Å². The van der Waals surface area contributed by atoms with Gasteiger partial charge in [-0.2, -0.15) is 5.10 Å². The van der Waals surface area contributed by atoms with Crippen LogP contribution in [-0.4, -0.2) is 16.6 Å². The van der Waals surface area contributed by atoms with E-state index < -0.39 is 0 Å². The van der Waals surface area contributed by atoms with Gasteiger partial charge >= 0.3 is 0 Å². The first-order valence-electron chi connectivity index (χ1n) is 10.9. The van der Waals surface area contributed by atoms with E-state index in [0.29, 0.717) is 15.6 Å². The molecule has 6 heteroatoms. The van der Waals surface area contributed by atoms with Gasteiger partial charge in [-0.25, -0.2) is 5.01 Å². The smallest absolute Gasteiger partial charge is 0.267 e. The van der Waals surface area contributed by atoms with Gasteiger partial charge in [0.2, 0.25) is 0 Å². The topological polar surface area (TPSA) is 32.7 Å². The van der Waals surface area contributed by atoms with Gasteiger partial charge in [0.1, 0.15) is 0 Å². The van der Waals surface area contributed by atoms with E-state index in [4.69, 9.17) is 28.3 Å². The van der Waals surface area contributed by atoms with Gasteiger partial charge < -0.3 is 0 Å². The summed E-state index contributed by atoms with van der Waals surface area (Å²) in [5.41, 5.74) is 4.91. The van der Waals surface area contributed by atoms with E-state index >= 15 is 0 Å². The first kappa shape index (κ1) is 22.4. The second-order valence-electron chi connectivity index (χ2n) is 8.36. The SMILES string of the molecule is O=C(c1cccc(Br)c1)N1N=C2/C(=C\c3ccc(Cl)cc3)CCC[C@@H]2[C@@H]1c1ccc(Cl)cc1. The van der Waals surface area contributed by atoms with Crippen LogP contribution < -0.4 is 0 Å². The lowest BCUT2D eigenvalue weighted by Crippen LogP contribution is -2.31. The molecule has 166 valence electrons. The number of hydrazone groups is 1. The molecule has 1 fully saturated rings. The first-order valence-corrected chi connectivity index (χ1v) is 12.4. The van der Waals surface area contributed by atoms with Crippen LogP contribution in [-0.2, 0) is 0 Å². The minimum absolute atomic E-state index is 0.107. The molecule has 1 aliphatic carbocycles. The standard InChI is InChI=1S/C27H21BrCl2N2O/c28-21-5-1-4-20(16-21)27(33)32-26(18-9-13-23(30)14-10-18)24-6-2-3-19(25(24)31-32)15-17-7-11-22(29)12-8-17/h1,4-5,7-16,24,26H,2-3,6H2/b19-15-/t24-,26-/m0/s1. The first-order chi connectivity index (χ1) is 16.0. The summed E-state index contributed by atoms with van der Waals surface area (Å²) in [6, 6.07) is 22.9. The molecule has 33 heavy (non-hydrogen) atoms. The lowest BCUT2D eigenvalue weighted by atomic mass is 9.77. The Labute approximate surface area is 211 Å². The lowest BCUT2D eigenvalue weighted by Gasteiger charge is -2.29. The summed E-state index contributed by atoms with van der Waals surface area (Å²) >= 11 is 15.7. The second-order valence-corrected chi connectivity index (χ2v) is 10.2. The van der Waals surface area contributed by atoms with Crippen LogP contribution in [0.25, 0.3) is 6.08 Å². The van der Waals surface area contributed by atoms with Crippen LogP contribution in [0.5, 0.6) is 0 Å². The molecule has 3 nitrogen and oxygen atoms in total. The highest BCUT2D eigenvalue weighted by Crippen LogP contribution is 2.45. The Kier molecular flexibility index (Phi) is 6.42. The van der Waals surface area contributed by atoms with Gasteiger partial charge in [-0.1, -0.05) is 69.5 Å². The van der Waals surface area contributed by atoms with Crippen molar-refractivity contribution in [3.05, 3.63) is 110 Å². The van der Waals surface area contributed by atoms with E-state index in [9.17, 15) is 4.79 Å². The molecule has 0 bridgehead atoms. The summed E-state index contributed by atoms with van der Waals surface area (Å²) in [4.78, 5) is 13.6. The van der Waals surface area contributed by atoms with Crippen molar-refractivity contribution < 1.29 is 4.79 Å². The van der Waals surface area contributed by atoms with Gasteiger partial charge in [0.05, 0.1) is 11.8 Å². The number of carbonyl (C=O) groups excluding carboxylic acids is 1. The summed E-state index contributed by atoms with van der Waals surface area (Å²) in [7, 11) is 0. The number of halogens is 3. The molecule has 0 aromatic heterocycles. The van der Waals surface area contributed by atoms with Crippen LogP contribution in [0.1, 0.15) is 46.8 Å². The monoisotopic (exact) mass is 538 g/mol. The Balaban J connectivity index is 1.58. The third-order valence-electron chi connectivity index (χ3n) is 6.20. The van der Waals surface area contributed by atoms with Gasteiger partial charge in [0.25, 0.3) is 5.91 Å². The molecule has 2 aliphatic rings. The molecule has 5 rings (SSSR count). The average molecular weight is 540 g/mol. The Hall–Kier alpha value is -2.40. The minimum atomic E-state index is -0.169. The number of allylic oxidation sites excluding steroid dienone is 1. The summed E-state index contributed by atoms with van der Waals surface area (Å²) in [6.45, 7) is 0. The number of hydrogen-bond acceptors (Lipinski definition) is 2. The molecule has 3 aromatic rings. The second kappa shape index (κ2) is 9.46. The Morgan fingerprint density at radius 3 is 2.39 bits per heavy atom. The number of amides is 1. The third-order valence-corrected chi connectivity index (χ3v) is 7.20. The molecule has 1 heterocycles. The zero-order chi connectivity index (χ0) is 22.9. The molecule has 1 aliphatic heterocycles. The molecule has 0 N–H and O–H groups in total. The van der Waals surface area contributed by atoms with E-state index in [1.807, 2.05) is 72.8 Å². The van der Waals surface area contributed by atoms with Crippen molar-refractivity contribution in [2.75, 3.05) is 0 Å². The van der Waals surface area contributed by atoms with Crippen molar-refractivity contribution >= 4 is 56.8 Å². The third kappa shape index (κ3) is 4.65. The molecule has 0 saturated heterocycles. The predicted octanol–water partition coefficient (Wildman–Crippen LogP) is 8.19. The Morgan fingerprint density at radius 1 is 1.00 bits per heavy atom.